The number of hydrogen-bond donors (Lipinski definition) is 0. The first-order chi connectivity index (χ1) is 13.1. The third-order valence-corrected chi connectivity index (χ3v) is 6.15. The van der Waals surface area contributed by atoms with Gasteiger partial charge in [-0.25, -0.2) is 0 Å². The predicted molar refractivity (Wildman–Crippen MR) is 96.1 cm³/mol. The Hall–Kier alpha value is -1.75. The van der Waals surface area contributed by atoms with Gasteiger partial charge in [0.15, 0.2) is 10.5 Å². The lowest BCUT2D eigenvalue weighted by molar-refractivity contribution is -0.00614. The van der Waals surface area contributed by atoms with Crippen LogP contribution in [0.1, 0.15) is 12.8 Å². The maximum absolute atomic E-state index is 12.4. The molecule has 9 nitrogen and oxygen atoms in total. The van der Waals surface area contributed by atoms with E-state index >= 15 is 0 Å². The Morgan fingerprint density at radius 2 is 1.85 bits per heavy atom. The molecule has 0 N–H and O–H groups in total. The molecule has 4 heterocycles. The number of nitrogens with zero attached hydrogens (tertiary/aromatic N) is 3. The Bertz CT molecular complexity index is 801. The number of hydrogen-bond acceptors (Lipinski definition) is 8. The van der Waals surface area contributed by atoms with Gasteiger partial charge < -0.3 is 18.9 Å². The smallest absolute Gasteiger partial charge is 0.287 e. The van der Waals surface area contributed by atoms with E-state index in [1.807, 2.05) is 0 Å². The summed E-state index contributed by atoms with van der Waals surface area (Å²) in [5.74, 6) is 0.375. The standard InChI is InChI=1S/C17H23N3O6S/c21-27(22)14-1-2-15(25-12-7-20-5-10-24-11-6-20)19-16(14)26-17(13-18-27)3-8-23-9-4-17/h1-2,13H,3-12H2. The van der Waals surface area contributed by atoms with Gasteiger partial charge in [0.25, 0.3) is 10.0 Å². The summed E-state index contributed by atoms with van der Waals surface area (Å²) in [4.78, 5) is 6.52. The molecule has 4 rings (SSSR count). The van der Waals surface area contributed by atoms with Crippen molar-refractivity contribution in [3.8, 4) is 11.8 Å². The highest BCUT2D eigenvalue weighted by Gasteiger charge is 2.39. The van der Waals surface area contributed by atoms with Gasteiger partial charge in [0.1, 0.15) is 6.61 Å². The molecule has 3 aliphatic rings. The van der Waals surface area contributed by atoms with Crippen molar-refractivity contribution in [3.63, 3.8) is 0 Å². The van der Waals surface area contributed by atoms with Gasteiger partial charge in [-0.1, -0.05) is 0 Å². The fourth-order valence-electron chi connectivity index (χ4n) is 3.25. The van der Waals surface area contributed by atoms with Gasteiger partial charge in [-0.05, 0) is 6.07 Å². The van der Waals surface area contributed by atoms with Crippen LogP contribution in [0.2, 0.25) is 0 Å². The molecule has 0 aliphatic carbocycles. The van der Waals surface area contributed by atoms with Crippen molar-refractivity contribution in [1.29, 1.82) is 0 Å². The first-order valence-electron chi connectivity index (χ1n) is 9.09. The van der Waals surface area contributed by atoms with E-state index < -0.39 is 15.6 Å². The normalized spacial score (nSPS) is 24.0. The molecule has 0 bridgehead atoms. The number of rotatable bonds is 4. The molecule has 27 heavy (non-hydrogen) atoms. The van der Waals surface area contributed by atoms with E-state index in [9.17, 15) is 8.42 Å². The van der Waals surface area contributed by atoms with Crippen LogP contribution in [0.4, 0.5) is 0 Å². The second-order valence-electron chi connectivity index (χ2n) is 6.74. The van der Waals surface area contributed by atoms with Crippen LogP contribution in [0.15, 0.2) is 21.4 Å². The van der Waals surface area contributed by atoms with E-state index in [4.69, 9.17) is 18.9 Å². The van der Waals surface area contributed by atoms with Crippen LogP contribution in [-0.4, -0.2) is 82.8 Å². The lowest BCUT2D eigenvalue weighted by Gasteiger charge is -2.32. The van der Waals surface area contributed by atoms with Gasteiger partial charge in [-0.2, -0.15) is 17.8 Å². The van der Waals surface area contributed by atoms with Crippen molar-refractivity contribution in [2.24, 2.45) is 4.40 Å². The molecule has 0 unspecified atom stereocenters. The minimum atomic E-state index is -3.84. The second kappa shape index (κ2) is 7.70. The number of morpholine rings is 1. The summed E-state index contributed by atoms with van der Waals surface area (Å²) >= 11 is 0. The molecule has 0 amide bonds. The Balaban J connectivity index is 1.49. The SMILES string of the molecule is O=S1(=O)N=CC2(CCOCC2)Oc2nc(OCCN3CCOCC3)ccc21. The zero-order chi connectivity index (χ0) is 18.7. The van der Waals surface area contributed by atoms with Crippen molar-refractivity contribution in [1.82, 2.24) is 9.88 Å². The van der Waals surface area contributed by atoms with Crippen molar-refractivity contribution in [3.05, 3.63) is 12.1 Å². The lowest BCUT2D eigenvalue weighted by Crippen LogP contribution is -2.43. The Kier molecular flexibility index (Phi) is 5.31. The average Bonchev–Trinajstić information content (AvgIpc) is 2.78. The summed E-state index contributed by atoms with van der Waals surface area (Å²) in [6.07, 6.45) is 2.43. The van der Waals surface area contributed by atoms with Crippen LogP contribution in [-0.2, 0) is 19.5 Å². The maximum Gasteiger partial charge on any atom is 0.287 e. The molecule has 1 aromatic rings. The summed E-state index contributed by atoms with van der Waals surface area (Å²) in [7, 11) is -3.84. The number of fused-ring (bicyclic) bond motifs is 1. The van der Waals surface area contributed by atoms with E-state index in [-0.39, 0.29) is 10.8 Å². The lowest BCUT2D eigenvalue weighted by atomic mass is 9.96. The molecular formula is C17H23N3O6S. The van der Waals surface area contributed by atoms with Crippen LogP contribution in [0.5, 0.6) is 11.8 Å². The predicted octanol–water partition coefficient (Wildman–Crippen LogP) is 0.494. The van der Waals surface area contributed by atoms with Crippen LogP contribution in [0.3, 0.4) is 0 Å². The van der Waals surface area contributed by atoms with Crippen LogP contribution in [0.25, 0.3) is 0 Å². The number of aromatic nitrogens is 1. The fraction of sp³-hybridized carbons (Fsp3) is 0.647. The number of ether oxygens (including phenoxy) is 4. The topological polar surface area (TPSA) is 99.6 Å². The highest BCUT2D eigenvalue weighted by Crippen LogP contribution is 2.35. The van der Waals surface area contributed by atoms with E-state index in [2.05, 4.69) is 14.3 Å². The molecule has 1 aromatic heterocycles. The number of pyridine rings is 1. The van der Waals surface area contributed by atoms with E-state index in [0.717, 1.165) is 32.8 Å². The third-order valence-electron chi connectivity index (χ3n) is 4.90. The van der Waals surface area contributed by atoms with Crippen molar-refractivity contribution < 1.29 is 27.4 Å². The Labute approximate surface area is 158 Å². The highest BCUT2D eigenvalue weighted by atomic mass is 32.2. The monoisotopic (exact) mass is 397 g/mol. The molecular weight excluding hydrogens is 374 g/mol. The zero-order valence-corrected chi connectivity index (χ0v) is 15.8. The van der Waals surface area contributed by atoms with Gasteiger partial charge in [0, 0.05) is 38.5 Å². The minimum Gasteiger partial charge on any atom is -0.476 e. The molecule has 1 spiro atoms. The molecule has 148 valence electrons. The molecule has 2 fully saturated rings. The molecule has 3 aliphatic heterocycles. The molecule has 10 heteroatoms. The summed E-state index contributed by atoms with van der Waals surface area (Å²) < 4.78 is 51.1. The Morgan fingerprint density at radius 3 is 2.63 bits per heavy atom. The summed E-state index contributed by atoms with van der Waals surface area (Å²) in [6.45, 7) is 5.39. The molecule has 0 radical (unpaired) electrons. The van der Waals surface area contributed by atoms with Gasteiger partial charge in [-0.3, -0.25) is 4.90 Å². The van der Waals surface area contributed by atoms with Crippen LogP contribution in [0, 0.1) is 0 Å². The van der Waals surface area contributed by atoms with E-state index in [1.165, 1.54) is 18.3 Å². The van der Waals surface area contributed by atoms with Crippen LogP contribution >= 0.6 is 0 Å². The fourth-order valence-corrected chi connectivity index (χ4v) is 4.25. The third kappa shape index (κ3) is 4.23. The quantitative estimate of drug-likeness (QED) is 0.724. The average molecular weight is 397 g/mol. The largest absolute Gasteiger partial charge is 0.476 e. The first-order valence-corrected chi connectivity index (χ1v) is 10.5. The zero-order valence-electron chi connectivity index (χ0n) is 15.0. The van der Waals surface area contributed by atoms with Crippen LogP contribution < -0.4 is 9.47 Å². The van der Waals surface area contributed by atoms with Gasteiger partial charge in [0.05, 0.1) is 32.6 Å². The van der Waals surface area contributed by atoms with Crippen molar-refractivity contribution >= 4 is 16.2 Å². The first kappa shape index (κ1) is 18.6. The molecule has 0 saturated carbocycles. The van der Waals surface area contributed by atoms with Crippen molar-refractivity contribution in [2.75, 3.05) is 52.7 Å². The van der Waals surface area contributed by atoms with E-state index in [1.54, 1.807) is 0 Å². The summed E-state index contributed by atoms with van der Waals surface area (Å²) in [6, 6.07) is 2.98. The maximum atomic E-state index is 12.4. The van der Waals surface area contributed by atoms with E-state index in [0.29, 0.717) is 38.5 Å². The van der Waals surface area contributed by atoms with Gasteiger partial charge >= 0.3 is 0 Å². The number of sulfonamides is 1. The van der Waals surface area contributed by atoms with Crippen molar-refractivity contribution in [2.45, 2.75) is 23.3 Å². The summed E-state index contributed by atoms with van der Waals surface area (Å²) in [5.41, 5.74) is -0.810. The molecule has 2 saturated heterocycles. The Morgan fingerprint density at radius 1 is 1.11 bits per heavy atom. The molecule has 0 atom stereocenters. The molecule has 0 aromatic carbocycles. The highest BCUT2D eigenvalue weighted by molar-refractivity contribution is 7.90. The minimum absolute atomic E-state index is 0.0392. The van der Waals surface area contributed by atoms with Gasteiger partial charge in [0.2, 0.25) is 11.8 Å². The van der Waals surface area contributed by atoms with Gasteiger partial charge in [-0.15, -0.1) is 0 Å². The summed E-state index contributed by atoms with van der Waals surface area (Å²) in [5, 5.41) is 0. The second-order valence-corrected chi connectivity index (χ2v) is 8.34.